The van der Waals surface area contributed by atoms with Gasteiger partial charge in [0.2, 0.25) is 0 Å². The zero-order chi connectivity index (χ0) is 17.2. The van der Waals surface area contributed by atoms with Crippen LogP contribution in [0.4, 0.5) is 0 Å². The van der Waals surface area contributed by atoms with Crippen molar-refractivity contribution in [2.24, 2.45) is 0 Å². The summed E-state index contributed by atoms with van der Waals surface area (Å²) >= 11 is 1.70. The lowest BCUT2D eigenvalue weighted by Crippen LogP contribution is -1.90. The van der Waals surface area contributed by atoms with Crippen molar-refractivity contribution in [3.8, 4) is 0 Å². The molecule has 3 heterocycles. The van der Waals surface area contributed by atoms with E-state index >= 15 is 0 Å². The number of rotatable bonds is 5. The third-order valence-corrected chi connectivity index (χ3v) is 5.09. The van der Waals surface area contributed by atoms with Crippen LogP contribution in [0.2, 0.25) is 0 Å². The van der Waals surface area contributed by atoms with Crippen LogP contribution in [0, 0.1) is 13.8 Å². The number of aromatic nitrogens is 4. The third kappa shape index (κ3) is 3.61. The molecule has 0 aliphatic rings. The van der Waals surface area contributed by atoms with E-state index < -0.39 is 0 Å². The summed E-state index contributed by atoms with van der Waals surface area (Å²) in [5.41, 5.74) is 6.81. The van der Waals surface area contributed by atoms with Gasteiger partial charge in [0, 0.05) is 30.3 Å². The first-order valence-electron chi connectivity index (χ1n) is 8.34. The molecule has 4 nitrogen and oxygen atoms in total. The highest BCUT2D eigenvalue weighted by molar-refractivity contribution is 7.98. The number of imidazole rings is 2. The second kappa shape index (κ2) is 6.76. The van der Waals surface area contributed by atoms with Gasteiger partial charge in [-0.1, -0.05) is 48.2 Å². The SMILES string of the molecule is Cc1ccc2nc(CSc3nc(Cc4ccccc4)c(C)[nH]3)cn2c1. The lowest BCUT2D eigenvalue weighted by Gasteiger charge is -1.98. The van der Waals surface area contributed by atoms with E-state index in [2.05, 4.69) is 77.0 Å². The predicted molar refractivity (Wildman–Crippen MR) is 102 cm³/mol. The molecule has 126 valence electrons. The van der Waals surface area contributed by atoms with E-state index in [1.54, 1.807) is 11.8 Å². The minimum Gasteiger partial charge on any atom is -0.337 e. The number of pyridine rings is 1. The monoisotopic (exact) mass is 348 g/mol. The summed E-state index contributed by atoms with van der Waals surface area (Å²) in [6.45, 7) is 4.18. The van der Waals surface area contributed by atoms with E-state index in [4.69, 9.17) is 4.98 Å². The molecular weight excluding hydrogens is 328 g/mol. The number of benzene rings is 1. The van der Waals surface area contributed by atoms with Crippen molar-refractivity contribution in [1.82, 2.24) is 19.4 Å². The van der Waals surface area contributed by atoms with Gasteiger partial charge in [-0.15, -0.1) is 0 Å². The third-order valence-electron chi connectivity index (χ3n) is 4.18. The Balaban J connectivity index is 1.46. The van der Waals surface area contributed by atoms with Crippen LogP contribution in [-0.2, 0) is 12.2 Å². The molecule has 0 bridgehead atoms. The van der Waals surface area contributed by atoms with Crippen LogP contribution in [0.15, 0.2) is 60.0 Å². The van der Waals surface area contributed by atoms with Gasteiger partial charge in [0.1, 0.15) is 5.65 Å². The van der Waals surface area contributed by atoms with E-state index in [-0.39, 0.29) is 0 Å². The molecule has 0 saturated carbocycles. The lowest BCUT2D eigenvalue weighted by molar-refractivity contribution is 1.01. The molecule has 1 aromatic carbocycles. The highest BCUT2D eigenvalue weighted by atomic mass is 32.2. The molecule has 0 fully saturated rings. The summed E-state index contributed by atoms with van der Waals surface area (Å²) in [4.78, 5) is 12.8. The van der Waals surface area contributed by atoms with Crippen LogP contribution in [-0.4, -0.2) is 19.4 Å². The van der Waals surface area contributed by atoms with E-state index in [9.17, 15) is 0 Å². The summed E-state index contributed by atoms with van der Waals surface area (Å²) in [6, 6.07) is 14.6. The van der Waals surface area contributed by atoms with Gasteiger partial charge in [-0.25, -0.2) is 9.97 Å². The van der Waals surface area contributed by atoms with Crippen molar-refractivity contribution in [1.29, 1.82) is 0 Å². The molecule has 0 saturated heterocycles. The maximum Gasteiger partial charge on any atom is 0.166 e. The number of aryl methyl sites for hydroxylation is 2. The summed E-state index contributed by atoms with van der Waals surface area (Å²) in [5.74, 6) is 0.804. The maximum absolute atomic E-state index is 4.76. The number of nitrogens with one attached hydrogen (secondary N) is 1. The Bertz CT molecular complexity index is 1000. The van der Waals surface area contributed by atoms with Crippen molar-refractivity contribution in [2.45, 2.75) is 31.2 Å². The van der Waals surface area contributed by atoms with E-state index in [1.807, 2.05) is 6.07 Å². The van der Waals surface area contributed by atoms with Crippen LogP contribution in [0.1, 0.15) is 28.2 Å². The maximum atomic E-state index is 4.76. The molecule has 0 atom stereocenters. The van der Waals surface area contributed by atoms with Crippen molar-refractivity contribution >= 4 is 17.4 Å². The highest BCUT2D eigenvalue weighted by Gasteiger charge is 2.09. The molecule has 5 heteroatoms. The summed E-state index contributed by atoms with van der Waals surface area (Å²) in [7, 11) is 0. The number of thioether (sulfide) groups is 1. The normalized spacial score (nSPS) is 11.3. The quantitative estimate of drug-likeness (QED) is 0.538. The molecule has 3 aromatic heterocycles. The van der Waals surface area contributed by atoms with Gasteiger partial charge in [0.05, 0.1) is 11.4 Å². The van der Waals surface area contributed by atoms with Crippen molar-refractivity contribution in [3.05, 3.63) is 83.1 Å². The van der Waals surface area contributed by atoms with Gasteiger partial charge in [-0.3, -0.25) is 0 Å². The zero-order valence-corrected chi connectivity index (χ0v) is 15.2. The molecule has 0 amide bonds. The standard InChI is InChI=1S/C20H20N4S/c1-14-8-9-19-22-17(12-24(19)11-14)13-25-20-21-15(2)18(23-20)10-16-6-4-3-5-7-16/h3-9,11-12H,10,13H2,1-2H3,(H,21,23). The molecule has 0 aliphatic carbocycles. The lowest BCUT2D eigenvalue weighted by atomic mass is 10.1. The molecule has 0 unspecified atom stereocenters. The molecule has 4 aromatic rings. The zero-order valence-electron chi connectivity index (χ0n) is 14.4. The predicted octanol–water partition coefficient (Wildman–Crippen LogP) is 4.56. The molecular formula is C20H20N4S. The van der Waals surface area contributed by atoms with Gasteiger partial charge in [0.25, 0.3) is 0 Å². The molecule has 25 heavy (non-hydrogen) atoms. The van der Waals surface area contributed by atoms with E-state index in [0.717, 1.165) is 40.1 Å². The molecule has 1 N–H and O–H groups in total. The topological polar surface area (TPSA) is 46.0 Å². The fourth-order valence-electron chi connectivity index (χ4n) is 2.86. The summed E-state index contributed by atoms with van der Waals surface area (Å²) < 4.78 is 2.08. The number of nitrogens with zero attached hydrogens (tertiary/aromatic N) is 3. The number of H-pyrrole nitrogens is 1. The van der Waals surface area contributed by atoms with Crippen LogP contribution < -0.4 is 0 Å². The summed E-state index contributed by atoms with van der Waals surface area (Å²) in [6.07, 6.45) is 5.05. The van der Waals surface area contributed by atoms with Gasteiger partial charge < -0.3 is 9.38 Å². The van der Waals surface area contributed by atoms with E-state index in [1.165, 1.54) is 11.1 Å². The molecule has 0 radical (unpaired) electrons. The van der Waals surface area contributed by atoms with Crippen LogP contribution in [0.5, 0.6) is 0 Å². The number of fused-ring (bicyclic) bond motifs is 1. The van der Waals surface area contributed by atoms with Gasteiger partial charge in [0.15, 0.2) is 5.16 Å². The van der Waals surface area contributed by atoms with Crippen molar-refractivity contribution < 1.29 is 0 Å². The van der Waals surface area contributed by atoms with Crippen LogP contribution in [0.3, 0.4) is 0 Å². The largest absolute Gasteiger partial charge is 0.337 e. The Kier molecular flexibility index (Phi) is 4.32. The number of hydrogen-bond acceptors (Lipinski definition) is 3. The van der Waals surface area contributed by atoms with Gasteiger partial charge >= 0.3 is 0 Å². The molecule has 0 aliphatic heterocycles. The number of hydrogen-bond donors (Lipinski definition) is 1. The smallest absolute Gasteiger partial charge is 0.166 e. The first kappa shape index (κ1) is 16.0. The summed E-state index contributed by atoms with van der Waals surface area (Å²) in [5, 5.41) is 0.955. The Morgan fingerprint density at radius 3 is 2.68 bits per heavy atom. The second-order valence-corrected chi connectivity index (χ2v) is 7.23. The van der Waals surface area contributed by atoms with Crippen molar-refractivity contribution in [3.63, 3.8) is 0 Å². The average Bonchev–Trinajstić information content (AvgIpc) is 3.17. The molecule has 4 rings (SSSR count). The first-order chi connectivity index (χ1) is 12.2. The number of aromatic amines is 1. The Hall–Kier alpha value is -2.53. The Morgan fingerprint density at radius 1 is 1.00 bits per heavy atom. The first-order valence-corrected chi connectivity index (χ1v) is 9.32. The highest BCUT2D eigenvalue weighted by Crippen LogP contribution is 2.22. The Morgan fingerprint density at radius 2 is 1.84 bits per heavy atom. The fraction of sp³-hybridized carbons (Fsp3) is 0.200. The average molecular weight is 348 g/mol. The van der Waals surface area contributed by atoms with Gasteiger partial charge in [-0.2, -0.15) is 0 Å². The Labute approximate surface area is 151 Å². The second-order valence-electron chi connectivity index (χ2n) is 6.27. The van der Waals surface area contributed by atoms with E-state index in [0.29, 0.717) is 0 Å². The minimum atomic E-state index is 0.804. The van der Waals surface area contributed by atoms with Gasteiger partial charge in [-0.05, 0) is 31.0 Å². The van der Waals surface area contributed by atoms with Crippen LogP contribution >= 0.6 is 11.8 Å². The van der Waals surface area contributed by atoms with Crippen molar-refractivity contribution in [2.75, 3.05) is 0 Å². The minimum absolute atomic E-state index is 0.804. The fourth-order valence-corrected chi connectivity index (χ4v) is 3.69. The molecule has 0 spiro atoms. The van der Waals surface area contributed by atoms with Crippen LogP contribution in [0.25, 0.3) is 5.65 Å².